The molecule has 0 saturated carbocycles. The summed E-state index contributed by atoms with van der Waals surface area (Å²) in [5.41, 5.74) is 5.45. The number of hydrogen-bond acceptors (Lipinski definition) is 4. The van der Waals surface area contributed by atoms with E-state index in [0.717, 1.165) is 4.47 Å². The van der Waals surface area contributed by atoms with Crippen molar-refractivity contribution in [3.8, 4) is 11.6 Å². The van der Waals surface area contributed by atoms with Gasteiger partial charge >= 0.3 is 0 Å². The number of benzene rings is 1. The van der Waals surface area contributed by atoms with E-state index in [2.05, 4.69) is 25.9 Å². The maximum atomic E-state index is 5.88. The van der Waals surface area contributed by atoms with Gasteiger partial charge in [-0.1, -0.05) is 23.7 Å². The van der Waals surface area contributed by atoms with Crippen LogP contribution in [0.4, 0.5) is 5.95 Å². The maximum Gasteiger partial charge on any atom is 0.243 e. The monoisotopic (exact) mass is 299 g/mol. The lowest BCUT2D eigenvalue weighted by atomic mass is 10.3. The van der Waals surface area contributed by atoms with Gasteiger partial charge in [0.25, 0.3) is 0 Å². The fraction of sp³-hybridized carbons (Fsp3) is 0. The molecule has 1 aromatic heterocycles. The molecule has 16 heavy (non-hydrogen) atoms. The van der Waals surface area contributed by atoms with Crippen molar-refractivity contribution < 1.29 is 4.74 Å². The van der Waals surface area contributed by atoms with E-state index < -0.39 is 0 Å². The standard InChI is InChI=1S/C10H7BrClN3O/c11-6-3-1-2-4-8(6)16-9-7(12)5-14-10(13)15-9/h1-5H,(H2,13,14,15). The van der Waals surface area contributed by atoms with Crippen molar-refractivity contribution >= 4 is 33.5 Å². The molecule has 82 valence electrons. The average molecular weight is 301 g/mol. The first-order valence-corrected chi connectivity index (χ1v) is 5.54. The van der Waals surface area contributed by atoms with Crippen LogP contribution in [-0.2, 0) is 0 Å². The van der Waals surface area contributed by atoms with Gasteiger partial charge in [0.1, 0.15) is 10.8 Å². The first-order valence-electron chi connectivity index (χ1n) is 4.37. The Morgan fingerprint density at radius 1 is 1.31 bits per heavy atom. The van der Waals surface area contributed by atoms with Crippen molar-refractivity contribution in [1.29, 1.82) is 0 Å². The Kier molecular flexibility index (Phi) is 3.26. The topological polar surface area (TPSA) is 61.0 Å². The van der Waals surface area contributed by atoms with Crippen molar-refractivity contribution in [2.45, 2.75) is 0 Å². The molecule has 0 aliphatic heterocycles. The van der Waals surface area contributed by atoms with Gasteiger partial charge in [0.05, 0.1) is 10.7 Å². The summed E-state index contributed by atoms with van der Waals surface area (Å²) in [6, 6.07) is 7.37. The zero-order chi connectivity index (χ0) is 11.5. The maximum absolute atomic E-state index is 5.88. The second kappa shape index (κ2) is 4.67. The van der Waals surface area contributed by atoms with E-state index in [1.54, 1.807) is 6.07 Å². The molecule has 0 fully saturated rings. The number of nitrogen functional groups attached to an aromatic ring is 1. The molecule has 0 atom stereocenters. The molecule has 2 aromatic rings. The SMILES string of the molecule is Nc1ncc(Cl)c(Oc2ccccc2Br)n1. The zero-order valence-electron chi connectivity index (χ0n) is 8.02. The van der Waals surface area contributed by atoms with Crippen LogP contribution in [0.2, 0.25) is 5.02 Å². The number of nitrogens with zero attached hydrogens (tertiary/aromatic N) is 2. The highest BCUT2D eigenvalue weighted by molar-refractivity contribution is 9.10. The molecule has 0 bridgehead atoms. The number of rotatable bonds is 2. The van der Waals surface area contributed by atoms with E-state index in [0.29, 0.717) is 10.8 Å². The Hall–Kier alpha value is -1.33. The molecule has 4 nitrogen and oxygen atoms in total. The first kappa shape index (κ1) is 11.2. The summed E-state index contributed by atoms with van der Waals surface area (Å²) in [4.78, 5) is 7.65. The zero-order valence-corrected chi connectivity index (χ0v) is 10.4. The second-order valence-corrected chi connectivity index (χ2v) is 4.18. The number of anilines is 1. The van der Waals surface area contributed by atoms with Crippen LogP contribution >= 0.6 is 27.5 Å². The fourth-order valence-electron chi connectivity index (χ4n) is 1.07. The lowest BCUT2D eigenvalue weighted by Gasteiger charge is -2.07. The minimum Gasteiger partial charge on any atom is -0.436 e. The van der Waals surface area contributed by atoms with Crippen molar-refractivity contribution in [3.63, 3.8) is 0 Å². The van der Waals surface area contributed by atoms with E-state index in [9.17, 15) is 0 Å². The average Bonchev–Trinajstić information content (AvgIpc) is 2.27. The normalized spacial score (nSPS) is 10.1. The molecule has 0 unspecified atom stereocenters. The van der Waals surface area contributed by atoms with Crippen LogP contribution in [0, 0.1) is 0 Å². The van der Waals surface area contributed by atoms with Gasteiger partial charge in [-0.25, -0.2) is 4.98 Å². The second-order valence-electron chi connectivity index (χ2n) is 2.91. The molecule has 0 saturated heterocycles. The molecule has 2 rings (SSSR count). The number of nitrogens with two attached hydrogens (primary N) is 1. The van der Waals surface area contributed by atoms with Gasteiger partial charge < -0.3 is 10.5 Å². The highest BCUT2D eigenvalue weighted by Crippen LogP contribution is 2.31. The van der Waals surface area contributed by atoms with E-state index in [1.807, 2.05) is 18.2 Å². The van der Waals surface area contributed by atoms with E-state index in [4.69, 9.17) is 22.1 Å². The number of aromatic nitrogens is 2. The van der Waals surface area contributed by atoms with Crippen LogP contribution in [0.5, 0.6) is 11.6 Å². The summed E-state index contributed by atoms with van der Waals surface area (Å²) in [7, 11) is 0. The molecule has 0 aliphatic rings. The fourth-order valence-corrected chi connectivity index (χ4v) is 1.56. The molecule has 0 amide bonds. The number of ether oxygens (including phenoxy) is 1. The third kappa shape index (κ3) is 2.43. The first-order chi connectivity index (χ1) is 7.66. The minimum atomic E-state index is 0.117. The Balaban J connectivity index is 2.34. The Labute approximate surface area is 106 Å². The van der Waals surface area contributed by atoms with Gasteiger partial charge in [-0.05, 0) is 28.1 Å². The molecule has 1 heterocycles. The van der Waals surface area contributed by atoms with Crippen LogP contribution in [0.15, 0.2) is 34.9 Å². The van der Waals surface area contributed by atoms with Crippen molar-refractivity contribution in [1.82, 2.24) is 9.97 Å². The predicted molar refractivity (Wildman–Crippen MR) is 65.7 cm³/mol. The Morgan fingerprint density at radius 2 is 2.06 bits per heavy atom. The molecule has 0 radical (unpaired) electrons. The minimum absolute atomic E-state index is 0.117. The lowest BCUT2D eigenvalue weighted by molar-refractivity contribution is 0.460. The van der Waals surface area contributed by atoms with Gasteiger partial charge in [0, 0.05) is 0 Å². The third-order valence-corrected chi connectivity index (χ3v) is 2.69. The van der Waals surface area contributed by atoms with Gasteiger partial charge in [0.15, 0.2) is 0 Å². The summed E-state index contributed by atoms with van der Waals surface area (Å²) >= 11 is 9.23. The van der Waals surface area contributed by atoms with Crippen LogP contribution in [0.1, 0.15) is 0 Å². The van der Waals surface area contributed by atoms with Crippen LogP contribution < -0.4 is 10.5 Å². The smallest absolute Gasteiger partial charge is 0.243 e. The predicted octanol–water partition coefficient (Wildman–Crippen LogP) is 3.27. The largest absolute Gasteiger partial charge is 0.436 e. The van der Waals surface area contributed by atoms with Crippen molar-refractivity contribution in [2.75, 3.05) is 5.73 Å². The quantitative estimate of drug-likeness (QED) is 0.924. The summed E-state index contributed by atoms with van der Waals surface area (Å²) < 4.78 is 6.32. The molecular weight excluding hydrogens is 293 g/mol. The number of para-hydroxylation sites is 1. The lowest BCUT2D eigenvalue weighted by Crippen LogP contribution is -1.97. The van der Waals surface area contributed by atoms with Crippen molar-refractivity contribution in [2.24, 2.45) is 0 Å². The van der Waals surface area contributed by atoms with E-state index in [-0.39, 0.29) is 11.8 Å². The summed E-state index contributed by atoms with van der Waals surface area (Å²) in [6.07, 6.45) is 1.40. The molecule has 0 spiro atoms. The van der Waals surface area contributed by atoms with Crippen LogP contribution in [0.3, 0.4) is 0 Å². The highest BCUT2D eigenvalue weighted by atomic mass is 79.9. The summed E-state index contributed by atoms with van der Waals surface area (Å²) in [6.45, 7) is 0. The number of hydrogen-bond donors (Lipinski definition) is 1. The van der Waals surface area contributed by atoms with Gasteiger partial charge in [-0.2, -0.15) is 4.98 Å². The van der Waals surface area contributed by atoms with Crippen LogP contribution in [0.25, 0.3) is 0 Å². The molecular formula is C10H7BrClN3O. The number of halogens is 2. The molecule has 6 heteroatoms. The summed E-state index contributed by atoms with van der Waals surface area (Å²) in [5.74, 6) is 0.968. The Bertz CT molecular complexity index is 521. The Morgan fingerprint density at radius 3 is 2.81 bits per heavy atom. The van der Waals surface area contributed by atoms with Gasteiger partial charge in [-0.15, -0.1) is 0 Å². The summed E-state index contributed by atoms with van der Waals surface area (Å²) in [5, 5.41) is 0.310. The molecule has 0 aliphatic carbocycles. The highest BCUT2D eigenvalue weighted by Gasteiger charge is 2.08. The van der Waals surface area contributed by atoms with E-state index in [1.165, 1.54) is 6.20 Å². The van der Waals surface area contributed by atoms with Gasteiger partial charge in [-0.3, -0.25) is 0 Å². The van der Waals surface area contributed by atoms with Crippen LogP contribution in [-0.4, -0.2) is 9.97 Å². The molecule has 1 aromatic carbocycles. The third-order valence-electron chi connectivity index (χ3n) is 1.77. The molecule has 2 N–H and O–H groups in total. The van der Waals surface area contributed by atoms with Gasteiger partial charge in [0.2, 0.25) is 11.8 Å². The van der Waals surface area contributed by atoms with E-state index >= 15 is 0 Å². The van der Waals surface area contributed by atoms with Crippen molar-refractivity contribution in [3.05, 3.63) is 40.0 Å².